The third-order valence-electron chi connectivity index (χ3n) is 17.9. The molecule has 0 bridgehead atoms. The number of carbonyl (C=O) groups excluding carboxylic acids is 1. The zero-order valence-corrected chi connectivity index (χ0v) is 55.6. The molecule has 17 atom stereocenters. The van der Waals surface area contributed by atoms with Crippen molar-refractivity contribution in [2.24, 2.45) is 0 Å². The van der Waals surface area contributed by atoms with Crippen LogP contribution in [-0.4, -0.2) is 193 Å². The summed E-state index contributed by atoms with van der Waals surface area (Å²) in [5.41, 5.74) is 0. The Bertz CT molecular complexity index is 1820. The number of allylic oxidation sites excluding steroid dienone is 7. The Balaban J connectivity index is 1.34. The van der Waals surface area contributed by atoms with E-state index in [9.17, 15) is 61.0 Å². The molecular formula is C71H129NO18. The summed E-state index contributed by atoms with van der Waals surface area (Å²) in [6.07, 6.45) is 36.8. The molecule has 0 aromatic rings. The van der Waals surface area contributed by atoms with E-state index in [2.05, 4.69) is 55.6 Å². The van der Waals surface area contributed by atoms with Crippen molar-refractivity contribution in [3.63, 3.8) is 0 Å². The van der Waals surface area contributed by atoms with Crippen molar-refractivity contribution in [2.45, 2.75) is 369 Å². The van der Waals surface area contributed by atoms with Crippen molar-refractivity contribution in [1.82, 2.24) is 5.32 Å². The molecule has 3 heterocycles. The van der Waals surface area contributed by atoms with Gasteiger partial charge in [0.1, 0.15) is 73.2 Å². The highest BCUT2D eigenvalue weighted by atomic mass is 16.8. The molecule has 0 aliphatic carbocycles. The van der Waals surface area contributed by atoms with E-state index >= 15 is 0 Å². The van der Waals surface area contributed by atoms with Crippen LogP contribution < -0.4 is 5.32 Å². The molecule has 90 heavy (non-hydrogen) atoms. The van der Waals surface area contributed by atoms with E-state index in [1.807, 2.05) is 6.08 Å². The van der Waals surface area contributed by atoms with E-state index in [0.717, 1.165) is 57.8 Å². The molecule has 3 fully saturated rings. The topological polar surface area (TPSA) is 307 Å². The number of rotatable bonds is 55. The minimum atomic E-state index is -1.98. The third kappa shape index (κ3) is 34.4. The van der Waals surface area contributed by atoms with Crippen LogP contribution in [0.15, 0.2) is 48.6 Å². The number of hydrogen-bond acceptors (Lipinski definition) is 18. The van der Waals surface area contributed by atoms with Crippen LogP contribution >= 0.6 is 0 Å². The molecule has 3 aliphatic heterocycles. The van der Waals surface area contributed by atoms with Gasteiger partial charge in [-0.2, -0.15) is 0 Å². The molecule has 0 aromatic carbocycles. The molecule has 3 saturated heterocycles. The molecule has 17 unspecified atom stereocenters. The minimum Gasteiger partial charge on any atom is -0.394 e. The predicted molar refractivity (Wildman–Crippen MR) is 351 cm³/mol. The first-order valence-corrected chi connectivity index (χ1v) is 35.9. The fourth-order valence-corrected chi connectivity index (χ4v) is 12.0. The Labute approximate surface area is 542 Å². The van der Waals surface area contributed by atoms with Crippen molar-refractivity contribution in [3.8, 4) is 0 Å². The lowest BCUT2D eigenvalue weighted by Gasteiger charge is -2.48. The van der Waals surface area contributed by atoms with Gasteiger partial charge in [-0.1, -0.05) is 249 Å². The van der Waals surface area contributed by atoms with Crippen molar-refractivity contribution >= 4 is 5.91 Å². The number of amides is 1. The first-order chi connectivity index (χ1) is 43.8. The predicted octanol–water partition coefficient (Wildman–Crippen LogP) is 9.78. The van der Waals surface area contributed by atoms with Gasteiger partial charge in [0.15, 0.2) is 18.9 Å². The lowest BCUT2D eigenvalue weighted by atomic mass is 9.96. The Hall–Kier alpha value is -2.25. The highest BCUT2D eigenvalue weighted by Crippen LogP contribution is 2.33. The van der Waals surface area contributed by atoms with Gasteiger partial charge in [0, 0.05) is 6.42 Å². The molecular weight excluding hydrogens is 1150 g/mol. The monoisotopic (exact) mass is 1280 g/mol. The van der Waals surface area contributed by atoms with Gasteiger partial charge in [-0.3, -0.25) is 4.79 Å². The Kier molecular flexibility index (Phi) is 48.2. The Morgan fingerprint density at radius 2 is 0.733 bits per heavy atom. The summed E-state index contributed by atoms with van der Waals surface area (Å²) in [7, 11) is 0. The molecule has 0 spiro atoms. The maximum atomic E-state index is 13.4. The lowest BCUT2D eigenvalue weighted by Crippen LogP contribution is -2.66. The summed E-state index contributed by atoms with van der Waals surface area (Å²) in [5.74, 6) is -0.275. The van der Waals surface area contributed by atoms with Crippen molar-refractivity contribution < 1.29 is 89.4 Å². The van der Waals surface area contributed by atoms with E-state index in [4.69, 9.17) is 28.4 Å². The summed E-state index contributed by atoms with van der Waals surface area (Å²) in [5, 5.41) is 120. The zero-order chi connectivity index (χ0) is 65.4. The van der Waals surface area contributed by atoms with Crippen LogP contribution in [0.2, 0.25) is 0 Å². The average molecular weight is 1280 g/mol. The number of aliphatic hydroxyl groups is 11. The second kappa shape index (κ2) is 53.0. The number of unbranched alkanes of at least 4 members (excludes halogenated alkanes) is 33. The number of aliphatic hydroxyl groups excluding tert-OH is 11. The van der Waals surface area contributed by atoms with E-state index in [1.165, 1.54) is 180 Å². The molecule has 0 saturated carbocycles. The first kappa shape index (κ1) is 82.0. The first-order valence-electron chi connectivity index (χ1n) is 35.9. The van der Waals surface area contributed by atoms with Gasteiger partial charge in [0.25, 0.3) is 0 Å². The molecule has 526 valence electrons. The zero-order valence-electron chi connectivity index (χ0n) is 55.6. The van der Waals surface area contributed by atoms with E-state index in [-0.39, 0.29) is 18.9 Å². The van der Waals surface area contributed by atoms with Crippen LogP contribution in [-0.2, 0) is 33.2 Å². The number of carbonyl (C=O) groups is 1. The minimum absolute atomic E-state index is 0.244. The van der Waals surface area contributed by atoms with Crippen molar-refractivity contribution in [3.05, 3.63) is 48.6 Å². The van der Waals surface area contributed by atoms with Crippen molar-refractivity contribution in [2.75, 3.05) is 26.4 Å². The number of nitrogens with one attached hydrogen (secondary N) is 1. The standard InChI is InChI=1S/C71H129NO18/c1-3-5-7-9-11-13-15-17-18-19-20-21-22-23-24-25-26-27-28-29-30-31-32-33-34-35-36-37-39-41-43-45-47-49-59(77)72-54(55(76)48-46-44-42-40-38-16-14-12-10-8-6-4-2)53-85-69-65(83)62(80)67(57(51-74)87-69)90-71-66(84)63(81)68(58(52-75)88-71)89-70-64(82)61(79)60(78)56(50-73)86-70/h15,17,19-20,22-23,46,48,54-58,60-71,73-76,78-84H,3-14,16,18,21,24-45,47,49-53H2,1-2H3,(H,72,77)/b17-15-,20-19-,23-22-,48-46+. The van der Waals surface area contributed by atoms with Crippen LogP contribution in [0.25, 0.3) is 0 Å². The molecule has 0 aromatic heterocycles. The third-order valence-corrected chi connectivity index (χ3v) is 17.9. The van der Waals surface area contributed by atoms with Gasteiger partial charge in [-0.05, 0) is 57.8 Å². The molecule has 0 radical (unpaired) electrons. The molecule has 19 nitrogen and oxygen atoms in total. The van der Waals surface area contributed by atoms with Crippen LogP contribution in [0.5, 0.6) is 0 Å². The van der Waals surface area contributed by atoms with Crippen LogP contribution in [0.1, 0.15) is 264 Å². The van der Waals surface area contributed by atoms with Crippen molar-refractivity contribution in [1.29, 1.82) is 0 Å². The highest BCUT2D eigenvalue weighted by molar-refractivity contribution is 5.76. The van der Waals surface area contributed by atoms with Gasteiger partial charge >= 0.3 is 0 Å². The van der Waals surface area contributed by atoms with Gasteiger partial charge in [0.2, 0.25) is 5.91 Å². The van der Waals surface area contributed by atoms with Gasteiger partial charge in [0.05, 0.1) is 38.6 Å². The smallest absolute Gasteiger partial charge is 0.220 e. The summed E-state index contributed by atoms with van der Waals surface area (Å²) in [6, 6.07) is -0.972. The summed E-state index contributed by atoms with van der Waals surface area (Å²) < 4.78 is 34.3. The second-order valence-electron chi connectivity index (χ2n) is 25.7. The normalized spacial score (nSPS) is 28.3. The highest BCUT2D eigenvalue weighted by Gasteiger charge is 2.53. The quantitative estimate of drug-likeness (QED) is 0.0199. The molecule has 12 N–H and O–H groups in total. The van der Waals surface area contributed by atoms with Gasteiger partial charge < -0.3 is 89.9 Å². The van der Waals surface area contributed by atoms with E-state index < -0.39 is 124 Å². The molecule has 3 rings (SSSR count). The largest absolute Gasteiger partial charge is 0.394 e. The second-order valence-corrected chi connectivity index (χ2v) is 25.7. The average Bonchev–Trinajstić information content (AvgIpc) is 0.864. The summed E-state index contributed by atoms with van der Waals surface area (Å²) in [6.45, 7) is 1.72. The number of ether oxygens (including phenoxy) is 6. The molecule has 3 aliphatic rings. The fourth-order valence-electron chi connectivity index (χ4n) is 12.0. The maximum Gasteiger partial charge on any atom is 0.220 e. The number of hydrogen-bond donors (Lipinski definition) is 12. The molecule has 19 heteroatoms. The van der Waals surface area contributed by atoms with Crippen LogP contribution in [0.3, 0.4) is 0 Å². The van der Waals surface area contributed by atoms with Crippen LogP contribution in [0, 0.1) is 0 Å². The fraction of sp³-hybridized carbons (Fsp3) is 0.873. The Morgan fingerprint density at radius 1 is 0.400 bits per heavy atom. The maximum absolute atomic E-state index is 13.4. The summed E-state index contributed by atoms with van der Waals surface area (Å²) in [4.78, 5) is 13.4. The van der Waals surface area contributed by atoms with Gasteiger partial charge in [-0.25, -0.2) is 0 Å². The Morgan fingerprint density at radius 3 is 1.14 bits per heavy atom. The van der Waals surface area contributed by atoms with Gasteiger partial charge in [-0.15, -0.1) is 0 Å². The summed E-state index contributed by atoms with van der Waals surface area (Å²) >= 11 is 0. The molecule has 1 amide bonds. The lowest BCUT2D eigenvalue weighted by molar-refractivity contribution is -0.379. The van der Waals surface area contributed by atoms with E-state index in [0.29, 0.717) is 6.42 Å². The van der Waals surface area contributed by atoms with Crippen LogP contribution in [0.4, 0.5) is 0 Å². The SMILES string of the molecule is CCCCCCC/C=C\C/C=C\C/C=C\CCCCCCCCCCCCCCCCCCCCC(=O)NC(COC1OC(CO)C(OC2OC(CO)C(OC3OC(CO)C(O)C(O)C3O)C(O)C2O)C(O)C1O)C(O)/C=C/CCCCCCCCCCCC. The van der Waals surface area contributed by atoms with E-state index in [1.54, 1.807) is 6.08 Å².